The zero-order chi connectivity index (χ0) is 16.0. The molecule has 4 heteroatoms. The summed E-state index contributed by atoms with van der Waals surface area (Å²) >= 11 is 0. The predicted octanol–water partition coefficient (Wildman–Crippen LogP) is 2.25. The molecule has 1 atom stereocenters. The van der Waals surface area contributed by atoms with Gasteiger partial charge in [-0.2, -0.15) is 0 Å². The van der Waals surface area contributed by atoms with E-state index in [0.717, 1.165) is 25.6 Å². The van der Waals surface area contributed by atoms with Crippen LogP contribution in [0.25, 0.3) is 0 Å². The van der Waals surface area contributed by atoms with Gasteiger partial charge in [0.2, 0.25) is 5.91 Å². The van der Waals surface area contributed by atoms with E-state index in [1.807, 2.05) is 0 Å². The Hall–Kier alpha value is -0.610. The molecule has 1 heterocycles. The molecule has 0 aromatic carbocycles. The van der Waals surface area contributed by atoms with Crippen LogP contribution in [0.3, 0.4) is 0 Å². The van der Waals surface area contributed by atoms with Crippen LogP contribution in [0, 0.1) is 11.8 Å². The third-order valence-electron chi connectivity index (χ3n) is 4.38. The van der Waals surface area contributed by atoms with E-state index in [4.69, 9.17) is 0 Å². The van der Waals surface area contributed by atoms with E-state index in [1.54, 1.807) is 0 Å². The lowest BCUT2D eigenvalue weighted by Gasteiger charge is -2.33. The summed E-state index contributed by atoms with van der Waals surface area (Å²) in [5, 5.41) is 6.68. The monoisotopic (exact) mass is 297 g/mol. The summed E-state index contributed by atoms with van der Waals surface area (Å²) in [6.45, 7) is 16.7. The molecule has 0 spiro atoms. The molecule has 1 aliphatic heterocycles. The van der Waals surface area contributed by atoms with E-state index in [1.165, 1.54) is 12.8 Å². The molecule has 0 radical (unpaired) electrons. The van der Waals surface area contributed by atoms with Gasteiger partial charge in [-0.1, -0.05) is 13.8 Å². The zero-order valence-electron chi connectivity index (χ0n) is 14.8. The highest BCUT2D eigenvalue weighted by Gasteiger charge is 2.22. The summed E-state index contributed by atoms with van der Waals surface area (Å²) < 4.78 is 0. The minimum atomic E-state index is 0.169. The topological polar surface area (TPSA) is 44.4 Å². The highest BCUT2D eigenvalue weighted by molar-refractivity contribution is 5.78. The van der Waals surface area contributed by atoms with Gasteiger partial charge in [0.05, 0.1) is 6.54 Å². The summed E-state index contributed by atoms with van der Waals surface area (Å²) in [5.41, 5.74) is 0.198. The number of carbonyl (C=O) groups is 1. The molecule has 1 unspecified atom stereocenters. The van der Waals surface area contributed by atoms with Gasteiger partial charge in [0.1, 0.15) is 0 Å². The van der Waals surface area contributed by atoms with Crippen molar-refractivity contribution >= 4 is 5.91 Å². The maximum atomic E-state index is 12.0. The van der Waals surface area contributed by atoms with Gasteiger partial charge < -0.3 is 10.6 Å². The van der Waals surface area contributed by atoms with Crippen LogP contribution in [-0.2, 0) is 4.79 Å². The zero-order valence-corrected chi connectivity index (χ0v) is 14.8. The van der Waals surface area contributed by atoms with E-state index in [0.29, 0.717) is 12.5 Å². The Labute approximate surface area is 131 Å². The van der Waals surface area contributed by atoms with E-state index >= 15 is 0 Å². The van der Waals surface area contributed by atoms with Crippen molar-refractivity contribution in [2.24, 2.45) is 11.8 Å². The maximum absolute atomic E-state index is 12.0. The van der Waals surface area contributed by atoms with Gasteiger partial charge in [0.25, 0.3) is 0 Å². The molecule has 0 saturated carbocycles. The van der Waals surface area contributed by atoms with Crippen LogP contribution in [0.1, 0.15) is 54.4 Å². The Bertz CT molecular complexity index is 314. The Morgan fingerprint density at radius 3 is 2.24 bits per heavy atom. The summed E-state index contributed by atoms with van der Waals surface area (Å²) in [4.78, 5) is 14.3. The van der Waals surface area contributed by atoms with Crippen LogP contribution in [0.5, 0.6) is 0 Å². The van der Waals surface area contributed by atoms with Crippen molar-refractivity contribution in [3.63, 3.8) is 0 Å². The lowest BCUT2D eigenvalue weighted by Crippen LogP contribution is -2.47. The standard InChI is InChI=1S/C17H35N3O/c1-13(2)14(3)19-16(21)12-20-9-7-15(8-10-20)11-18-17(4,5)6/h13-15,18H,7-12H2,1-6H3,(H,19,21). The Morgan fingerprint density at radius 2 is 1.76 bits per heavy atom. The number of hydrogen-bond acceptors (Lipinski definition) is 3. The van der Waals surface area contributed by atoms with E-state index in [9.17, 15) is 4.79 Å². The van der Waals surface area contributed by atoms with Gasteiger partial charge in [0, 0.05) is 11.6 Å². The second-order valence-corrected chi connectivity index (χ2v) is 7.95. The van der Waals surface area contributed by atoms with Crippen LogP contribution in [0.2, 0.25) is 0 Å². The normalized spacial score (nSPS) is 19.8. The van der Waals surface area contributed by atoms with Gasteiger partial charge in [-0.3, -0.25) is 9.69 Å². The number of carbonyl (C=O) groups excluding carboxylic acids is 1. The van der Waals surface area contributed by atoms with Crippen molar-refractivity contribution in [3.05, 3.63) is 0 Å². The number of hydrogen-bond donors (Lipinski definition) is 2. The molecule has 1 saturated heterocycles. The molecule has 1 fully saturated rings. The summed E-state index contributed by atoms with van der Waals surface area (Å²) in [5.74, 6) is 1.41. The quantitative estimate of drug-likeness (QED) is 0.790. The molecule has 0 bridgehead atoms. The lowest BCUT2D eigenvalue weighted by molar-refractivity contribution is -0.123. The fourth-order valence-corrected chi connectivity index (χ4v) is 2.47. The van der Waals surface area contributed by atoms with Crippen LogP contribution < -0.4 is 10.6 Å². The SMILES string of the molecule is CC(C)C(C)NC(=O)CN1CCC(CNC(C)(C)C)CC1. The third kappa shape index (κ3) is 7.82. The molecular weight excluding hydrogens is 262 g/mol. The van der Waals surface area contributed by atoms with Gasteiger partial charge in [-0.15, -0.1) is 0 Å². The average Bonchev–Trinajstić information content (AvgIpc) is 2.36. The number of rotatable bonds is 6. The molecule has 2 N–H and O–H groups in total. The second-order valence-electron chi connectivity index (χ2n) is 7.95. The number of piperidine rings is 1. The molecule has 1 rings (SSSR count). The van der Waals surface area contributed by atoms with Crippen molar-refractivity contribution in [3.8, 4) is 0 Å². The van der Waals surface area contributed by atoms with Crippen molar-refractivity contribution in [1.82, 2.24) is 15.5 Å². The molecule has 0 aromatic heterocycles. The van der Waals surface area contributed by atoms with E-state index < -0.39 is 0 Å². The molecule has 0 aliphatic carbocycles. The molecule has 1 aliphatic rings. The van der Waals surface area contributed by atoms with Gasteiger partial charge in [-0.05, 0) is 72.0 Å². The fourth-order valence-electron chi connectivity index (χ4n) is 2.47. The van der Waals surface area contributed by atoms with E-state index in [-0.39, 0.29) is 17.5 Å². The first-order valence-corrected chi connectivity index (χ1v) is 8.44. The van der Waals surface area contributed by atoms with Crippen LogP contribution in [0.4, 0.5) is 0 Å². The molecule has 1 amide bonds. The second kappa shape index (κ2) is 8.14. The van der Waals surface area contributed by atoms with Gasteiger partial charge >= 0.3 is 0 Å². The number of likely N-dealkylation sites (tertiary alicyclic amines) is 1. The molecule has 124 valence electrons. The number of nitrogens with one attached hydrogen (secondary N) is 2. The summed E-state index contributed by atoms with van der Waals surface area (Å²) in [7, 11) is 0. The first-order chi connectivity index (χ1) is 9.67. The smallest absolute Gasteiger partial charge is 0.234 e. The fraction of sp³-hybridized carbons (Fsp3) is 0.941. The molecular formula is C17H35N3O. The van der Waals surface area contributed by atoms with Crippen molar-refractivity contribution < 1.29 is 4.79 Å². The van der Waals surface area contributed by atoms with Crippen LogP contribution in [0.15, 0.2) is 0 Å². The molecule has 21 heavy (non-hydrogen) atoms. The average molecular weight is 297 g/mol. The summed E-state index contributed by atoms with van der Waals surface area (Å²) in [6.07, 6.45) is 2.38. The molecule has 0 aromatic rings. The number of nitrogens with zero attached hydrogens (tertiary/aromatic N) is 1. The highest BCUT2D eigenvalue weighted by Crippen LogP contribution is 2.17. The van der Waals surface area contributed by atoms with Crippen molar-refractivity contribution in [1.29, 1.82) is 0 Å². The highest BCUT2D eigenvalue weighted by atomic mass is 16.2. The first kappa shape index (κ1) is 18.4. The summed E-state index contributed by atoms with van der Waals surface area (Å²) in [6, 6.07) is 0.256. The number of amides is 1. The Morgan fingerprint density at radius 1 is 1.19 bits per heavy atom. The predicted molar refractivity (Wildman–Crippen MR) is 89.4 cm³/mol. The Kier molecular flexibility index (Phi) is 7.14. The first-order valence-electron chi connectivity index (χ1n) is 8.44. The van der Waals surface area contributed by atoms with Gasteiger partial charge in [0.15, 0.2) is 0 Å². The molecule has 4 nitrogen and oxygen atoms in total. The lowest BCUT2D eigenvalue weighted by atomic mass is 9.95. The van der Waals surface area contributed by atoms with E-state index in [2.05, 4.69) is 57.1 Å². The van der Waals surface area contributed by atoms with Gasteiger partial charge in [-0.25, -0.2) is 0 Å². The Balaban J connectivity index is 2.22. The largest absolute Gasteiger partial charge is 0.352 e. The van der Waals surface area contributed by atoms with Crippen LogP contribution >= 0.6 is 0 Å². The minimum Gasteiger partial charge on any atom is -0.352 e. The minimum absolute atomic E-state index is 0.169. The van der Waals surface area contributed by atoms with Crippen LogP contribution in [-0.4, -0.2) is 48.6 Å². The maximum Gasteiger partial charge on any atom is 0.234 e. The van der Waals surface area contributed by atoms with Crippen molar-refractivity contribution in [2.45, 2.75) is 66.0 Å². The third-order valence-corrected chi connectivity index (χ3v) is 4.38. The van der Waals surface area contributed by atoms with Crippen molar-refractivity contribution in [2.75, 3.05) is 26.2 Å².